The molecule has 1 saturated carbocycles. The van der Waals surface area contributed by atoms with Gasteiger partial charge < -0.3 is 5.32 Å². The van der Waals surface area contributed by atoms with Crippen LogP contribution in [-0.2, 0) is 11.2 Å². The number of amides is 1. The first-order valence-electron chi connectivity index (χ1n) is 7.24. The fraction of sp³-hybridized carbons (Fsp3) is 0.533. The van der Waals surface area contributed by atoms with E-state index >= 15 is 0 Å². The summed E-state index contributed by atoms with van der Waals surface area (Å²) in [4.78, 5) is 22.4. The van der Waals surface area contributed by atoms with Gasteiger partial charge in [-0.05, 0) is 24.2 Å². The van der Waals surface area contributed by atoms with Gasteiger partial charge in [-0.15, -0.1) is 0 Å². The molecule has 5 nitrogen and oxygen atoms in total. The van der Waals surface area contributed by atoms with Gasteiger partial charge in [0.2, 0.25) is 5.91 Å². The molecule has 1 amide bonds. The SMILES string of the molecule is CCSC1CCCC1NC(=O)Cc1cccc([N+](=O)[O-])c1. The minimum Gasteiger partial charge on any atom is -0.352 e. The lowest BCUT2D eigenvalue weighted by Crippen LogP contribution is -2.39. The summed E-state index contributed by atoms with van der Waals surface area (Å²) in [6.45, 7) is 2.13. The zero-order valence-electron chi connectivity index (χ0n) is 12.1. The number of benzene rings is 1. The molecule has 0 spiro atoms. The van der Waals surface area contributed by atoms with Gasteiger partial charge in [-0.2, -0.15) is 11.8 Å². The van der Waals surface area contributed by atoms with E-state index in [-0.39, 0.29) is 24.1 Å². The van der Waals surface area contributed by atoms with Crippen LogP contribution in [0.25, 0.3) is 0 Å². The summed E-state index contributed by atoms with van der Waals surface area (Å²) < 4.78 is 0. The van der Waals surface area contributed by atoms with Crippen LogP contribution in [0.5, 0.6) is 0 Å². The molecule has 2 atom stereocenters. The molecule has 114 valence electrons. The Bertz CT molecular complexity index is 521. The molecule has 0 saturated heterocycles. The molecular formula is C15H20N2O3S. The van der Waals surface area contributed by atoms with Crippen molar-refractivity contribution in [1.82, 2.24) is 5.32 Å². The van der Waals surface area contributed by atoms with E-state index in [1.807, 2.05) is 11.8 Å². The number of nitrogens with zero attached hydrogens (tertiary/aromatic N) is 1. The highest BCUT2D eigenvalue weighted by molar-refractivity contribution is 7.99. The van der Waals surface area contributed by atoms with Crippen LogP contribution in [0.15, 0.2) is 24.3 Å². The largest absolute Gasteiger partial charge is 0.352 e. The number of non-ortho nitro benzene ring substituents is 1. The Hall–Kier alpha value is -1.56. The van der Waals surface area contributed by atoms with E-state index in [1.54, 1.807) is 12.1 Å². The first-order chi connectivity index (χ1) is 10.1. The second kappa shape index (κ2) is 7.45. The lowest BCUT2D eigenvalue weighted by molar-refractivity contribution is -0.384. The molecule has 0 radical (unpaired) electrons. The maximum Gasteiger partial charge on any atom is 0.269 e. The summed E-state index contributed by atoms with van der Waals surface area (Å²) in [6, 6.07) is 6.51. The van der Waals surface area contributed by atoms with Gasteiger partial charge in [0.1, 0.15) is 0 Å². The van der Waals surface area contributed by atoms with Gasteiger partial charge in [-0.1, -0.05) is 25.5 Å². The van der Waals surface area contributed by atoms with Crippen LogP contribution in [-0.4, -0.2) is 27.9 Å². The highest BCUT2D eigenvalue weighted by Gasteiger charge is 2.28. The minimum absolute atomic E-state index is 0.0283. The first-order valence-corrected chi connectivity index (χ1v) is 8.29. The second-order valence-electron chi connectivity index (χ2n) is 5.20. The quantitative estimate of drug-likeness (QED) is 0.648. The molecule has 2 rings (SSSR count). The fourth-order valence-corrected chi connectivity index (χ4v) is 3.93. The molecule has 1 aromatic rings. The molecule has 1 aliphatic carbocycles. The van der Waals surface area contributed by atoms with Crippen LogP contribution in [0.2, 0.25) is 0 Å². The Balaban J connectivity index is 1.92. The molecule has 21 heavy (non-hydrogen) atoms. The minimum atomic E-state index is -0.438. The van der Waals surface area contributed by atoms with E-state index in [1.165, 1.54) is 12.1 Å². The Labute approximate surface area is 128 Å². The van der Waals surface area contributed by atoms with Gasteiger partial charge >= 0.3 is 0 Å². The highest BCUT2D eigenvalue weighted by Crippen LogP contribution is 2.29. The summed E-state index contributed by atoms with van der Waals surface area (Å²) in [5.41, 5.74) is 0.708. The van der Waals surface area contributed by atoms with E-state index in [2.05, 4.69) is 12.2 Å². The first kappa shape index (κ1) is 15.8. The fourth-order valence-electron chi connectivity index (χ4n) is 2.73. The second-order valence-corrected chi connectivity index (χ2v) is 6.72. The molecule has 0 aromatic heterocycles. The van der Waals surface area contributed by atoms with Gasteiger partial charge in [0, 0.05) is 23.4 Å². The molecule has 6 heteroatoms. The average Bonchev–Trinajstić information content (AvgIpc) is 2.86. The van der Waals surface area contributed by atoms with Gasteiger partial charge in [0.15, 0.2) is 0 Å². The number of carbonyl (C=O) groups is 1. The predicted octanol–water partition coefficient (Wildman–Crippen LogP) is 2.93. The number of nitro benzene ring substituents is 1. The van der Waals surface area contributed by atoms with E-state index < -0.39 is 4.92 Å². The van der Waals surface area contributed by atoms with Crippen molar-refractivity contribution in [2.75, 3.05) is 5.75 Å². The Morgan fingerprint density at radius 3 is 3.00 bits per heavy atom. The van der Waals surface area contributed by atoms with Crippen molar-refractivity contribution >= 4 is 23.4 Å². The van der Waals surface area contributed by atoms with Crippen LogP contribution < -0.4 is 5.32 Å². The Kier molecular flexibility index (Phi) is 5.61. The van der Waals surface area contributed by atoms with Crippen molar-refractivity contribution in [3.8, 4) is 0 Å². The van der Waals surface area contributed by atoms with Crippen LogP contribution in [0, 0.1) is 10.1 Å². The van der Waals surface area contributed by atoms with E-state index in [9.17, 15) is 14.9 Å². The van der Waals surface area contributed by atoms with Crippen molar-refractivity contribution in [1.29, 1.82) is 0 Å². The zero-order chi connectivity index (χ0) is 15.2. The van der Waals surface area contributed by atoms with E-state index in [4.69, 9.17) is 0 Å². The normalized spacial score (nSPS) is 21.2. The number of carbonyl (C=O) groups excluding carboxylic acids is 1. The maximum absolute atomic E-state index is 12.1. The standard InChI is InChI=1S/C15H20N2O3S/c1-2-21-14-8-4-7-13(14)16-15(18)10-11-5-3-6-12(9-11)17(19)20/h3,5-6,9,13-14H,2,4,7-8,10H2,1H3,(H,16,18). The van der Waals surface area contributed by atoms with Gasteiger partial charge in [-0.25, -0.2) is 0 Å². The number of thioether (sulfide) groups is 1. The van der Waals surface area contributed by atoms with E-state index in [0.29, 0.717) is 10.8 Å². The molecule has 1 aromatic carbocycles. The number of rotatable bonds is 6. The summed E-state index contributed by atoms with van der Waals surface area (Å²) >= 11 is 1.90. The topological polar surface area (TPSA) is 72.2 Å². The number of hydrogen-bond acceptors (Lipinski definition) is 4. The lowest BCUT2D eigenvalue weighted by Gasteiger charge is -2.20. The predicted molar refractivity (Wildman–Crippen MR) is 84.5 cm³/mol. The van der Waals surface area contributed by atoms with Crippen molar-refractivity contribution in [2.45, 2.75) is 43.9 Å². The molecule has 1 N–H and O–H groups in total. The third-order valence-electron chi connectivity index (χ3n) is 3.67. The summed E-state index contributed by atoms with van der Waals surface area (Å²) in [6.07, 6.45) is 3.53. The van der Waals surface area contributed by atoms with Crippen molar-refractivity contribution in [2.24, 2.45) is 0 Å². The monoisotopic (exact) mass is 308 g/mol. The zero-order valence-corrected chi connectivity index (χ0v) is 12.9. The molecule has 1 fully saturated rings. The smallest absolute Gasteiger partial charge is 0.269 e. The molecule has 2 unspecified atom stereocenters. The molecule has 0 bridgehead atoms. The van der Waals surface area contributed by atoms with Gasteiger partial charge in [-0.3, -0.25) is 14.9 Å². The highest BCUT2D eigenvalue weighted by atomic mass is 32.2. The average molecular weight is 308 g/mol. The van der Waals surface area contributed by atoms with Gasteiger partial charge in [0.25, 0.3) is 5.69 Å². The van der Waals surface area contributed by atoms with Crippen LogP contribution in [0.4, 0.5) is 5.69 Å². The number of hydrogen-bond donors (Lipinski definition) is 1. The lowest BCUT2D eigenvalue weighted by atomic mass is 10.1. The number of nitro groups is 1. The molecule has 1 aliphatic rings. The Morgan fingerprint density at radius 2 is 2.29 bits per heavy atom. The van der Waals surface area contributed by atoms with Crippen molar-refractivity contribution in [3.05, 3.63) is 39.9 Å². The summed E-state index contributed by atoms with van der Waals surface area (Å²) in [5.74, 6) is 1.01. The third-order valence-corrected chi connectivity index (χ3v) is 4.99. The van der Waals surface area contributed by atoms with Crippen LogP contribution in [0.1, 0.15) is 31.7 Å². The number of nitrogens with one attached hydrogen (secondary N) is 1. The molecule has 0 aliphatic heterocycles. The van der Waals surface area contributed by atoms with Crippen LogP contribution >= 0.6 is 11.8 Å². The van der Waals surface area contributed by atoms with Crippen LogP contribution in [0.3, 0.4) is 0 Å². The Morgan fingerprint density at radius 1 is 1.48 bits per heavy atom. The maximum atomic E-state index is 12.1. The molecule has 0 heterocycles. The summed E-state index contributed by atoms with van der Waals surface area (Å²) in [5, 5.41) is 14.3. The van der Waals surface area contributed by atoms with Crippen molar-refractivity contribution in [3.63, 3.8) is 0 Å². The van der Waals surface area contributed by atoms with Gasteiger partial charge in [0.05, 0.1) is 11.3 Å². The van der Waals surface area contributed by atoms with E-state index in [0.717, 1.165) is 25.0 Å². The molecular weight excluding hydrogens is 288 g/mol. The van der Waals surface area contributed by atoms with Crippen molar-refractivity contribution < 1.29 is 9.72 Å². The summed E-state index contributed by atoms with van der Waals surface area (Å²) in [7, 11) is 0. The third kappa shape index (κ3) is 4.46.